The minimum Gasteiger partial charge on any atom is -0.465 e. The van der Waals surface area contributed by atoms with Gasteiger partial charge in [-0.05, 0) is 26.2 Å². The largest absolute Gasteiger partial charge is 0.465 e. The summed E-state index contributed by atoms with van der Waals surface area (Å²) in [5, 5.41) is 0. The van der Waals surface area contributed by atoms with Gasteiger partial charge in [-0.25, -0.2) is 0 Å². The lowest BCUT2D eigenvalue weighted by atomic mass is 9.82. The second-order valence-electron chi connectivity index (χ2n) is 6.47. The highest BCUT2D eigenvalue weighted by Crippen LogP contribution is 2.23. The molecule has 0 saturated heterocycles. The Morgan fingerprint density at radius 1 is 0.750 bits per heavy atom. The summed E-state index contributed by atoms with van der Waals surface area (Å²) >= 11 is 0. The Bertz CT molecular complexity index is 376. The zero-order valence-electron chi connectivity index (χ0n) is 16.1. The number of ether oxygens (including phenoxy) is 1. The second kappa shape index (κ2) is 14.2. The SMILES string of the molecule is CCCCCC(=O)[C@H](CCCC)C(=O)[C@@H](CCCC)C(=O)OCC. The molecule has 0 unspecified atom stereocenters. The maximum atomic E-state index is 12.9. The maximum Gasteiger partial charge on any atom is 0.316 e. The lowest BCUT2D eigenvalue weighted by Gasteiger charge is -2.20. The van der Waals surface area contributed by atoms with E-state index in [0.29, 0.717) is 19.3 Å². The van der Waals surface area contributed by atoms with Gasteiger partial charge in [-0.15, -0.1) is 0 Å². The van der Waals surface area contributed by atoms with Gasteiger partial charge in [0.05, 0.1) is 12.5 Å². The van der Waals surface area contributed by atoms with E-state index in [9.17, 15) is 14.4 Å². The van der Waals surface area contributed by atoms with Crippen molar-refractivity contribution in [1.82, 2.24) is 0 Å². The quantitative estimate of drug-likeness (QED) is 0.242. The van der Waals surface area contributed by atoms with E-state index in [4.69, 9.17) is 4.74 Å². The van der Waals surface area contributed by atoms with Crippen LogP contribution in [0.15, 0.2) is 0 Å². The van der Waals surface area contributed by atoms with Crippen LogP contribution in [0.3, 0.4) is 0 Å². The molecule has 0 heterocycles. The summed E-state index contributed by atoms with van der Waals surface area (Å²) in [7, 11) is 0. The standard InChI is InChI=1S/C20H36O4/c1-5-9-12-15-18(21)16(13-10-6-2)19(22)17(14-11-7-3)20(23)24-8-4/h16-17H,5-15H2,1-4H3/t16-,17+/m0/s1. The number of rotatable bonds is 15. The Morgan fingerprint density at radius 2 is 1.29 bits per heavy atom. The molecule has 0 aromatic heterocycles. The van der Waals surface area contributed by atoms with Crippen LogP contribution >= 0.6 is 0 Å². The fourth-order valence-electron chi connectivity index (χ4n) is 2.86. The molecule has 0 radical (unpaired) electrons. The van der Waals surface area contributed by atoms with Crippen molar-refractivity contribution in [2.75, 3.05) is 6.61 Å². The Hall–Kier alpha value is -1.19. The first kappa shape index (κ1) is 22.8. The number of ketones is 2. The molecular weight excluding hydrogens is 304 g/mol. The van der Waals surface area contributed by atoms with Gasteiger partial charge in [0, 0.05) is 6.42 Å². The number of hydrogen-bond acceptors (Lipinski definition) is 4. The van der Waals surface area contributed by atoms with Crippen molar-refractivity contribution in [2.24, 2.45) is 11.8 Å². The molecule has 0 aliphatic heterocycles. The Kier molecular flexibility index (Phi) is 13.5. The summed E-state index contributed by atoms with van der Waals surface area (Å²) in [5.74, 6) is -2.07. The van der Waals surface area contributed by atoms with E-state index in [1.165, 1.54) is 0 Å². The zero-order chi connectivity index (χ0) is 18.4. The van der Waals surface area contributed by atoms with E-state index in [1.807, 2.05) is 13.8 Å². The summed E-state index contributed by atoms with van der Waals surface area (Å²) in [6.45, 7) is 8.16. The van der Waals surface area contributed by atoms with Crippen molar-refractivity contribution in [3.63, 3.8) is 0 Å². The summed E-state index contributed by atoms with van der Waals surface area (Å²) in [6, 6.07) is 0. The number of esters is 1. The van der Waals surface area contributed by atoms with Gasteiger partial charge >= 0.3 is 5.97 Å². The number of hydrogen-bond donors (Lipinski definition) is 0. The molecule has 140 valence electrons. The summed E-state index contributed by atoms with van der Waals surface area (Å²) in [5.41, 5.74) is 0. The van der Waals surface area contributed by atoms with Gasteiger partial charge in [-0.3, -0.25) is 14.4 Å². The molecule has 0 fully saturated rings. The molecule has 4 heteroatoms. The van der Waals surface area contributed by atoms with E-state index in [0.717, 1.165) is 44.9 Å². The lowest BCUT2D eigenvalue weighted by molar-refractivity contribution is -0.153. The Labute approximate surface area is 147 Å². The molecule has 0 aromatic carbocycles. The van der Waals surface area contributed by atoms with E-state index < -0.39 is 17.8 Å². The Morgan fingerprint density at radius 3 is 1.79 bits per heavy atom. The first-order chi connectivity index (χ1) is 11.5. The normalized spacial score (nSPS) is 13.3. The van der Waals surface area contributed by atoms with E-state index in [2.05, 4.69) is 6.92 Å². The topological polar surface area (TPSA) is 60.4 Å². The monoisotopic (exact) mass is 340 g/mol. The molecule has 0 N–H and O–H groups in total. The van der Waals surface area contributed by atoms with Crippen molar-refractivity contribution in [2.45, 2.75) is 91.9 Å². The van der Waals surface area contributed by atoms with Crippen LogP contribution in [-0.4, -0.2) is 24.1 Å². The number of unbranched alkanes of at least 4 members (excludes halogenated alkanes) is 4. The third kappa shape index (κ3) is 8.60. The first-order valence-corrected chi connectivity index (χ1v) is 9.76. The number of carbonyl (C=O) groups excluding carboxylic acids is 3. The van der Waals surface area contributed by atoms with Crippen molar-refractivity contribution in [3.05, 3.63) is 0 Å². The fraction of sp³-hybridized carbons (Fsp3) is 0.850. The van der Waals surface area contributed by atoms with Crippen LogP contribution in [0.5, 0.6) is 0 Å². The molecule has 0 amide bonds. The van der Waals surface area contributed by atoms with Gasteiger partial charge in [-0.2, -0.15) is 0 Å². The van der Waals surface area contributed by atoms with Crippen LogP contribution in [0.2, 0.25) is 0 Å². The summed E-state index contributed by atoms with van der Waals surface area (Å²) in [4.78, 5) is 37.7. The maximum absolute atomic E-state index is 12.9. The molecule has 0 aliphatic rings. The average Bonchev–Trinajstić information content (AvgIpc) is 2.56. The van der Waals surface area contributed by atoms with E-state index in [1.54, 1.807) is 6.92 Å². The molecule has 4 nitrogen and oxygen atoms in total. The third-order valence-electron chi connectivity index (χ3n) is 4.37. The highest BCUT2D eigenvalue weighted by molar-refractivity contribution is 6.10. The predicted octanol–water partition coefficient (Wildman–Crippen LogP) is 4.88. The van der Waals surface area contributed by atoms with Crippen molar-refractivity contribution in [3.8, 4) is 0 Å². The summed E-state index contributed by atoms with van der Waals surface area (Å²) in [6.07, 6.45) is 7.82. The minimum atomic E-state index is -0.776. The smallest absolute Gasteiger partial charge is 0.316 e. The molecule has 0 spiro atoms. The molecular formula is C20H36O4. The molecule has 0 rings (SSSR count). The highest BCUT2D eigenvalue weighted by Gasteiger charge is 2.35. The van der Waals surface area contributed by atoms with Crippen LogP contribution in [0.4, 0.5) is 0 Å². The zero-order valence-corrected chi connectivity index (χ0v) is 16.1. The highest BCUT2D eigenvalue weighted by atomic mass is 16.5. The van der Waals surface area contributed by atoms with E-state index in [-0.39, 0.29) is 18.2 Å². The molecule has 0 bridgehead atoms. The van der Waals surface area contributed by atoms with Gasteiger partial charge in [0.15, 0.2) is 5.78 Å². The molecule has 0 saturated carbocycles. The van der Waals surface area contributed by atoms with Crippen LogP contribution in [0.25, 0.3) is 0 Å². The van der Waals surface area contributed by atoms with Crippen LogP contribution in [0.1, 0.15) is 91.9 Å². The first-order valence-electron chi connectivity index (χ1n) is 9.76. The second-order valence-corrected chi connectivity index (χ2v) is 6.47. The average molecular weight is 341 g/mol. The van der Waals surface area contributed by atoms with Crippen molar-refractivity contribution in [1.29, 1.82) is 0 Å². The minimum absolute atomic E-state index is 0.00713. The van der Waals surface area contributed by atoms with Gasteiger partial charge < -0.3 is 4.74 Å². The number of Topliss-reactive ketones (excluding diaryl/α,β-unsaturated/α-hetero) is 2. The molecule has 24 heavy (non-hydrogen) atoms. The van der Waals surface area contributed by atoms with Gasteiger partial charge in [-0.1, -0.05) is 59.3 Å². The molecule has 2 atom stereocenters. The van der Waals surface area contributed by atoms with Crippen molar-refractivity contribution >= 4 is 17.5 Å². The van der Waals surface area contributed by atoms with Crippen LogP contribution in [0, 0.1) is 11.8 Å². The van der Waals surface area contributed by atoms with Gasteiger partial charge in [0.2, 0.25) is 0 Å². The number of carbonyl (C=O) groups is 3. The lowest BCUT2D eigenvalue weighted by Crippen LogP contribution is -2.35. The van der Waals surface area contributed by atoms with E-state index >= 15 is 0 Å². The predicted molar refractivity (Wildman–Crippen MR) is 96.8 cm³/mol. The van der Waals surface area contributed by atoms with Gasteiger partial charge in [0.25, 0.3) is 0 Å². The van der Waals surface area contributed by atoms with Crippen LogP contribution in [-0.2, 0) is 19.1 Å². The Balaban J connectivity index is 5.10. The van der Waals surface area contributed by atoms with Gasteiger partial charge in [0.1, 0.15) is 11.7 Å². The fourth-order valence-corrected chi connectivity index (χ4v) is 2.86. The van der Waals surface area contributed by atoms with Crippen LogP contribution < -0.4 is 0 Å². The van der Waals surface area contributed by atoms with Crippen molar-refractivity contribution < 1.29 is 19.1 Å². The summed E-state index contributed by atoms with van der Waals surface area (Å²) < 4.78 is 5.08. The molecule has 0 aliphatic carbocycles. The third-order valence-corrected chi connectivity index (χ3v) is 4.37. The molecule has 0 aromatic rings.